The van der Waals surface area contributed by atoms with Crippen molar-refractivity contribution < 1.29 is 4.39 Å². The molecule has 0 unspecified atom stereocenters. The number of aromatic nitrogens is 4. The van der Waals surface area contributed by atoms with Crippen molar-refractivity contribution >= 4 is 10.9 Å². The molecular formula is C19H17FN4. The van der Waals surface area contributed by atoms with Crippen molar-refractivity contribution in [3.05, 3.63) is 59.8 Å². The second-order valence-electron chi connectivity index (χ2n) is 6.05. The molecule has 0 fully saturated rings. The van der Waals surface area contributed by atoms with Crippen molar-refractivity contribution in [2.24, 2.45) is 7.05 Å². The van der Waals surface area contributed by atoms with Crippen LogP contribution in [0.5, 0.6) is 0 Å². The lowest BCUT2D eigenvalue weighted by molar-refractivity contribution is 0.619. The van der Waals surface area contributed by atoms with E-state index in [-0.39, 0.29) is 5.82 Å². The molecule has 4 rings (SSSR count). The smallest absolute Gasteiger partial charge is 0.126 e. The predicted octanol–water partition coefficient (Wildman–Crippen LogP) is 4.39. The van der Waals surface area contributed by atoms with E-state index < -0.39 is 0 Å². The first-order valence-corrected chi connectivity index (χ1v) is 7.78. The number of benzene rings is 2. The Bertz CT molecular complexity index is 1060. The first-order chi connectivity index (χ1) is 11.5. The van der Waals surface area contributed by atoms with Gasteiger partial charge in [-0.3, -0.25) is 5.10 Å². The van der Waals surface area contributed by atoms with Crippen LogP contribution in [0.3, 0.4) is 0 Å². The summed E-state index contributed by atoms with van der Waals surface area (Å²) in [6.45, 7) is 3.74. The van der Waals surface area contributed by atoms with Gasteiger partial charge in [-0.05, 0) is 49.7 Å². The predicted molar refractivity (Wildman–Crippen MR) is 93.2 cm³/mol. The normalized spacial score (nSPS) is 11.3. The third-order valence-corrected chi connectivity index (χ3v) is 4.46. The van der Waals surface area contributed by atoms with Crippen molar-refractivity contribution in [1.82, 2.24) is 19.7 Å². The average Bonchev–Trinajstić information content (AvgIpc) is 3.14. The number of imidazole rings is 1. The fourth-order valence-corrected chi connectivity index (χ4v) is 3.02. The molecule has 0 spiro atoms. The van der Waals surface area contributed by atoms with Crippen LogP contribution >= 0.6 is 0 Å². The van der Waals surface area contributed by atoms with E-state index in [0.29, 0.717) is 5.56 Å². The third kappa shape index (κ3) is 2.21. The summed E-state index contributed by atoms with van der Waals surface area (Å²) in [5.41, 5.74) is 5.47. The molecule has 0 saturated carbocycles. The topological polar surface area (TPSA) is 46.5 Å². The van der Waals surface area contributed by atoms with Crippen molar-refractivity contribution in [1.29, 1.82) is 0 Å². The van der Waals surface area contributed by atoms with Gasteiger partial charge in [0.1, 0.15) is 11.6 Å². The first kappa shape index (κ1) is 14.6. The molecule has 2 heterocycles. The summed E-state index contributed by atoms with van der Waals surface area (Å²) >= 11 is 0. The molecule has 0 bridgehead atoms. The van der Waals surface area contributed by atoms with E-state index in [1.807, 2.05) is 32.3 Å². The second kappa shape index (κ2) is 5.30. The van der Waals surface area contributed by atoms with Crippen molar-refractivity contribution in [2.75, 3.05) is 0 Å². The quantitative estimate of drug-likeness (QED) is 0.595. The molecule has 4 aromatic rings. The molecule has 2 aromatic carbocycles. The molecule has 4 nitrogen and oxygen atoms in total. The number of H-pyrrole nitrogens is 1. The van der Waals surface area contributed by atoms with E-state index in [4.69, 9.17) is 4.98 Å². The molecule has 0 atom stereocenters. The van der Waals surface area contributed by atoms with Crippen LogP contribution in [0.1, 0.15) is 11.4 Å². The maximum Gasteiger partial charge on any atom is 0.126 e. The number of halogens is 1. The lowest BCUT2D eigenvalue weighted by Gasteiger charge is -2.08. The van der Waals surface area contributed by atoms with Gasteiger partial charge in [0.05, 0.1) is 23.1 Å². The fourth-order valence-electron chi connectivity index (χ4n) is 3.02. The van der Waals surface area contributed by atoms with Gasteiger partial charge in [0.2, 0.25) is 0 Å². The summed E-state index contributed by atoms with van der Waals surface area (Å²) in [5, 5.41) is 8.09. The number of nitrogens with zero attached hydrogens (tertiary/aromatic N) is 3. The first-order valence-electron chi connectivity index (χ1n) is 7.78. The Kier molecular flexibility index (Phi) is 3.23. The van der Waals surface area contributed by atoms with Crippen LogP contribution in [-0.2, 0) is 7.05 Å². The van der Waals surface area contributed by atoms with Crippen LogP contribution in [0, 0.1) is 19.7 Å². The molecule has 0 saturated heterocycles. The van der Waals surface area contributed by atoms with Crippen LogP contribution in [0.4, 0.5) is 4.39 Å². The number of nitrogens with one attached hydrogen (secondary N) is 1. The Balaban J connectivity index is 1.96. The summed E-state index contributed by atoms with van der Waals surface area (Å²) in [7, 11) is 2.00. The molecule has 0 aliphatic heterocycles. The van der Waals surface area contributed by atoms with E-state index in [0.717, 1.165) is 39.2 Å². The maximum atomic E-state index is 13.6. The number of fused-ring (bicyclic) bond motifs is 1. The summed E-state index contributed by atoms with van der Waals surface area (Å²) < 4.78 is 15.7. The average molecular weight is 320 g/mol. The number of hydrogen-bond donors (Lipinski definition) is 1. The van der Waals surface area contributed by atoms with Crippen molar-refractivity contribution in [3.8, 4) is 22.5 Å². The van der Waals surface area contributed by atoms with Gasteiger partial charge in [0.25, 0.3) is 0 Å². The minimum Gasteiger partial charge on any atom is -0.331 e. The zero-order chi connectivity index (χ0) is 16.8. The van der Waals surface area contributed by atoms with Crippen molar-refractivity contribution in [3.63, 3.8) is 0 Å². The van der Waals surface area contributed by atoms with Crippen LogP contribution in [0.25, 0.3) is 33.4 Å². The molecule has 1 N–H and O–H groups in total. The van der Waals surface area contributed by atoms with Gasteiger partial charge in [0.15, 0.2) is 0 Å². The number of aryl methyl sites for hydroxylation is 2. The van der Waals surface area contributed by atoms with Crippen LogP contribution in [-0.4, -0.2) is 19.7 Å². The monoisotopic (exact) mass is 320 g/mol. The molecule has 0 amide bonds. The Labute approximate surface area is 139 Å². The van der Waals surface area contributed by atoms with Gasteiger partial charge in [-0.2, -0.15) is 5.10 Å². The highest BCUT2D eigenvalue weighted by molar-refractivity contribution is 5.87. The van der Waals surface area contributed by atoms with Gasteiger partial charge in [0, 0.05) is 23.6 Å². The molecule has 120 valence electrons. The highest BCUT2D eigenvalue weighted by atomic mass is 19.1. The van der Waals surface area contributed by atoms with Gasteiger partial charge in [-0.25, -0.2) is 9.37 Å². The lowest BCUT2D eigenvalue weighted by Crippen LogP contribution is -1.95. The Morgan fingerprint density at radius 3 is 2.62 bits per heavy atom. The van der Waals surface area contributed by atoms with E-state index in [1.54, 1.807) is 13.0 Å². The number of rotatable bonds is 2. The molecule has 2 aromatic heterocycles. The minimum absolute atomic E-state index is 0.201. The zero-order valence-electron chi connectivity index (χ0n) is 13.8. The largest absolute Gasteiger partial charge is 0.331 e. The summed E-state index contributed by atoms with van der Waals surface area (Å²) in [6.07, 6.45) is 1.81. The summed E-state index contributed by atoms with van der Waals surface area (Å²) in [6, 6.07) is 11.3. The minimum atomic E-state index is -0.201. The van der Waals surface area contributed by atoms with Crippen molar-refractivity contribution in [2.45, 2.75) is 13.8 Å². The van der Waals surface area contributed by atoms with Crippen LogP contribution in [0.15, 0.2) is 42.6 Å². The number of aromatic amines is 1. The molecule has 0 radical (unpaired) electrons. The van der Waals surface area contributed by atoms with E-state index >= 15 is 0 Å². The lowest BCUT2D eigenvalue weighted by atomic mass is 10.0. The van der Waals surface area contributed by atoms with E-state index in [9.17, 15) is 4.39 Å². The van der Waals surface area contributed by atoms with Crippen LogP contribution < -0.4 is 0 Å². The molecule has 5 heteroatoms. The second-order valence-corrected chi connectivity index (χ2v) is 6.05. The standard InChI is InChI=1S/C19H17FN4/c1-11-8-13(4-6-16(11)20)18-19(24(3)12(2)22-18)14-5-7-17-15(9-14)10-21-23-17/h4-10H,1-3H3,(H,21,23). The molecular weight excluding hydrogens is 303 g/mol. The Morgan fingerprint density at radius 1 is 1.04 bits per heavy atom. The zero-order valence-corrected chi connectivity index (χ0v) is 13.8. The highest BCUT2D eigenvalue weighted by Gasteiger charge is 2.17. The third-order valence-electron chi connectivity index (χ3n) is 4.46. The van der Waals surface area contributed by atoms with Crippen LogP contribution in [0.2, 0.25) is 0 Å². The maximum absolute atomic E-state index is 13.6. The van der Waals surface area contributed by atoms with E-state index in [2.05, 4.69) is 26.9 Å². The fraction of sp³-hybridized carbons (Fsp3) is 0.158. The summed E-state index contributed by atoms with van der Waals surface area (Å²) in [5.74, 6) is 0.710. The van der Waals surface area contributed by atoms with E-state index in [1.165, 1.54) is 6.07 Å². The number of hydrogen-bond acceptors (Lipinski definition) is 2. The Hall–Kier alpha value is -2.95. The molecule has 24 heavy (non-hydrogen) atoms. The van der Waals surface area contributed by atoms with Gasteiger partial charge in [-0.1, -0.05) is 6.07 Å². The summed E-state index contributed by atoms with van der Waals surface area (Å²) in [4.78, 5) is 4.71. The highest BCUT2D eigenvalue weighted by Crippen LogP contribution is 2.34. The van der Waals surface area contributed by atoms with Gasteiger partial charge < -0.3 is 4.57 Å². The van der Waals surface area contributed by atoms with Gasteiger partial charge >= 0.3 is 0 Å². The molecule has 0 aliphatic carbocycles. The molecule has 0 aliphatic rings. The van der Waals surface area contributed by atoms with Gasteiger partial charge in [-0.15, -0.1) is 0 Å². The SMILES string of the molecule is Cc1cc(-c2nc(C)n(C)c2-c2ccc3[nH]ncc3c2)ccc1F. The Morgan fingerprint density at radius 2 is 1.83 bits per heavy atom.